The third-order valence-electron chi connectivity index (χ3n) is 2.71. The summed E-state index contributed by atoms with van der Waals surface area (Å²) >= 11 is 0. The van der Waals surface area contributed by atoms with Crippen LogP contribution in [-0.2, 0) is 4.79 Å². The minimum atomic E-state index is -0.798. The lowest BCUT2D eigenvalue weighted by Gasteiger charge is -2.08. The maximum atomic E-state index is 10.5. The maximum absolute atomic E-state index is 10.5. The first-order valence-electron chi connectivity index (χ1n) is 5.98. The molecule has 88 valence electrons. The molecule has 0 fully saturated rings. The summed E-state index contributed by atoms with van der Waals surface area (Å²) in [5.74, 6) is -0.190. The third-order valence-corrected chi connectivity index (χ3v) is 2.71. The molecule has 0 heterocycles. The first kappa shape index (κ1) is 14.2. The molecule has 1 N–H and O–H groups in total. The van der Waals surface area contributed by atoms with Crippen molar-refractivity contribution in [2.75, 3.05) is 0 Å². The molecule has 0 aromatic rings. The summed E-state index contributed by atoms with van der Waals surface area (Å²) in [7, 11) is 0. The molecular formula is C13H24O2. The number of allylic oxidation sites excluding steroid dienone is 1. The lowest BCUT2D eigenvalue weighted by atomic mass is 9.98. The van der Waals surface area contributed by atoms with Gasteiger partial charge < -0.3 is 5.11 Å². The zero-order valence-electron chi connectivity index (χ0n) is 10.3. The molecule has 15 heavy (non-hydrogen) atoms. The minimum absolute atomic E-state index is 0.468. The Labute approximate surface area is 93.4 Å². The van der Waals surface area contributed by atoms with Crippen LogP contribution >= 0.6 is 0 Å². The zero-order valence-corrected chi connectivity index (χ0v) is 10.3. The molecule has 0 aromatic carbocycles. The van der Waals surface area contributed by atoms with Crippen LogP contribution < -0.4 is 0 Å². The van der Waals surface area contributed by atoms with Crippen molar-refractivity contribution < 1.29 is 9.90 Å². The fraction of sp³-hybridized carbons (Fsp3) is 0.769. The van der Waals surface area contributed by atoms with Crippen LogP contribution in [0.15, 0.2) is 11.6 Å². The highest BCUT2D eigenvalue weighted by Gasteiger charge is 2.03. The van der Waals surface area contributed by atoms with E-state index < -0.39 is 5.97 Å². The van der Waals surface area contributed by atoms with Crippen molar-refractivity contribution in [3.8, 4) is 0 Å². The quantitative estimate of drug-likeness (QED) is 0.487. The molecule has 0 rings (SSSR count). The van der Waals surface area contributed by atoms with Gasteiger partial charge >= 0.3 is 5.97 Å². The van der Waals surface area contributed by atoms with Crippen molar-refractivity contribution >= 4 is 5.97 Å². The Morgan fingerprint density at radius 1 is 1.33 bits per heavy atom. The van der Waals surface area contributed by atoms with Crippen LogP contribution in [0.2, 0.25) is 0 Å². The highest BCUT2D eigenvalue weighted by atomic mass is 16.4. The average molecular weight is 212 g/mol. The topological polar surface area (TPSA) is 37.3 Å². The predicted octanol–water partition coefficient (Wildman–Crippen LogP) is 4.01. The Morgan fingerprint density at radius 2 is 2.00 bits per heavy atom. The van der Waals surface area contributed by atoms with Crippen LogP contribution in [-0.4, -0.2) is 11.1 Å². The van der Waals surface area contributed by atoms with Crippen molar-refractivity contribution in [1.82, 2.24) is 0 Å². The van der Waals surface area contributed by atoms with E-state index in [1.165, 1.54) is 32.1 Å². The largest absolute Gasteiger partial charge is 0.478 e. The Bertz CT molecular complexity index is 207. The minimum Gasteiger partial charge on any atom is -0.478 e. The van der Waals surface area contributed by atoms with Gasteiger partial charge in [-0.2, -0.15) is 0 Å². The lowest BCUT2D eigenvalue weighted by molar-refractivity contribution is -0.132. The van der Waals surface area contributed by atoms with E-state index in [9.17, 15) is 4.79 Å². The number of carbonyl (C=O) groups is 1. The number of aliphatic carboxylic acids is 1. The van der Waals surface area contributed by atoms with Crippen LogP contribution in [0.5, 0.6) is 0 Å². The second-order valence-electron chi connectivity index (χ2n) is 4.38. The Kier molecular flexibility index (Phi) is 8.06. The van der Waals surface area contributed by atoms with E-state index in [1.807, 2.05) is 6.08 Å². The van der Waals surface area contributed by atoms with E-state index in [0.29, 0.717) is 11.5 Å². The van der Waals surface area contributed by atoms with Crippen molar-refractivity contribution in [2.45, 2.75) is 59.3 Å². The normalized spacial score (nSPS) is 13.9. The summed E-state index contributed by atoms with van der Waals surface area (Å²) < 4.78 is 0. The van der Waals surface area contributed by atoms with Crippen LogP contribution in [0.4, 0.5) is 0 Å². The maximum Gasteiger partial charge on any atom is 0.330 e. The highest BCUT2D eigenvalue weighted by molar-refractivity contribution is 5.85. The van der Waals surface area contributed by atoms with E-state index in [2.05, 4.69) is 13.8 Å². The van der Waals surface area contributed by atoms with Crippen LogP contribution in [0.25, 0.3) is 0 Å². The van der Waals surface area contributed by atoms with Gasteiger partial charge in [0.25, 0.3) is 0 Å². The van der Waals surface area contributed by atoms with Gasteiger partial charge in [-0.25, -0.2) is 4.79 Å². The van der Waals surface area contributed by atoms with Gasteiger partial charge in [-0.05, 0) is 19.3 Å². The number of hydrogen-bond donors (Lipinski definition) is 1. The average Bonchev–Trinajstić information content (AvgIpc) is 2.20. The molecular weight excluding hydrogens is 188 g/mol. The number of carboxylic acid groups (broad SMARTS) is 1. The number of hydrogen-bond acceptors (Lipinski definition) is 1. The molecule has 0 aromatic heterocycles. The SMILES string of the molecule is CCCCCCC(C)CC=C(C)C(=O)O. The lowest BCUT2D eigenvalue weighted by Crippen LogP contribution is -1.98. The second kappa shape index (κ2) is 8.51. The second-order valence-corrected chi connectivity index (χ2v) is 4.38. The van der Waals surface area contributed by atoms with E-state index in [4.69, 9.17) is 5.11 Å². The number of unbranched alkanes of at least 4 members (excludes halogenated alkanes) is 3. The van der Waals surface area contributed by atoms with Gasteiger partial charge in [0, 0.05) is 5.57 Å². The van der Waals surface area contributed by atoms with E-state index in [1.54, 1.807) is 6.92 Å². The molecule has 0 aliphatic heterocycles. The Morgan fingerprint density at radius 3 is 2.53 bits per heavy atom. The number of carboxylic acids is 1. The molecule has 0 saturated carbocycles. The van der Waals surface area contributed by atoms with Gasteiger partial charge in [0.05, 0.1) is 0 Å². The molecule has 0 bridgehead atoms. The highest BCUT2D eigenvalue weighted by Crippen LogP contribution is 2.15. The molecule has 1 atom stereocenters. The Hall–Kier alpha value is -0.790. The zero-order chi connectivity index (χ0) is 11.7. The van der Waals surface area contributed by atoms with Crippen LogP contribution in [0.1, 0.15) is 59.3 Å². The molecule has 0 saturated heterocycles. The molecule has 0 spiro atoms. The van der Waals surface area contributed by atoms with Gasteiger partial charge in [0.1, 0.15) is 0 Å². The summed E-state index contributed by atoms with van der Waals surface area (Å²) in [6.07, 6.45) is 9.11. The standard InChI is InChI=1S/C13H24O2/c1-4-5-6-7-8-11(2)9-10-12(3)13(14)15/h10-11H,4-9H2,1-3H3,(H,14,15). The van der Waals surface area contributed by atoms with E-state index in [0.717, 1.165) is 6.42 Å². The summed E-state index contributed by atoms with van der Waals surface area (Å²) in [5, 5.41) is 8.67. The van der Waals surface area contributed by atoms with Crippen molar-refractivity contribution in [3.63, 3.8) is 0 Å². The van der Waals surface area contributed by atoms with Crippen molar-refractivity contribution in [1.29, 1.82) is 0 Å². The van der Waals surface area contributed by atoms with Crippen molar-refractivity contribution in [3.05, 3.63) is 11.6 Å². The van der Waals surface area contributed by atoms with E-state index >= 15 is 0 Å². The van der Waals surface area contributed by atoms with Gasteiger partial charge in [0.15, 0.2) is 0 Å². The van der Waals surface area contributed by atoms with Gasteiger partial charge in [-0.3, -0.25) is 0 Å². The molecule has 0 aliphatic rings. The third kappa shape index (κ3) is 8.22. The monoisotopic (exact) mass is 212 g/mol. The molecule has 2 nitrogen and oxygen atoms in total. The fourth-order valence-electron chi connectivity index (χ4n) is 1.50. The van der Waals surface area contributed by atoms with Gasteiger partial charge in [0.2, 0.25) is 0 Å². The first-order chi connectivity index (χ1) is 7.07. The molecule has 0 aliphatic carbocycles. The molecule has 0 amide bonds. The predicted molar refractivity (Wildman–Crippen MR) is 63.9 cm³/mol. The summed E-state index contributed by atoms with van der Waals surface area (Å²) in [6.45, 7) is 6.06. The molecule has 2 heteroatoms. The van der Waals surface area contributed by atoms with Gasteiger partial charge in [-0.1, -0.05) is 52.0 Å². The molecule has 1 unspecified atom stereocenters. The van der Waals surface area contributed by atoms with Crippen LogP contribution in [0.3, 0.4) is 0 Å². The summed E-state index contributed by atoms with van der Waals surface area (Å²) in [4.78, 5) is 10.5. The Balaban J connectivity index is 3.61. The van der Waals surface area contributed by atoms with Gasteiger partial charge in [-0.15, -0.1) is 0 Å². The molecule has 0 radical (unpaired) electrons. The van der Waals surface area contributed by atoms with Crippen LogP contribution in [0, 0.1) is 5.92 Å². The van der Waals surface area contributed by atoms with Crippen molar-refractivity contribution in [2.24, 2.45) is 5.92 Å². The smallest absolute Gasteiger partial charge is 0.330 e. The fourth-order valence-corrected chi connectivity index (χ4v) is 1.50. The summed E-state index contributed by atoms with van der Waals surface area (Å²) in [6, 6.07) is 0. The first-order valence-corrected chi connectivity index (χ1v) is 5.98. The summed E-state index contributed by atoms with van der Waals surface area (Å²) in [5.41, 5.74) is 0.468. The van der Waals surface area contributed by atoms with E-state index in [-0.39, 0.29) is 0 Å². The number of rotatable bonds is 8.